The topological polar surface area (TPSA) is 84.8 Å². The third-order valence-corrected chi connectivity index (χ3v) is 4.64. The SMILES string of the molecule is CCNC(=NCCCOCC(F)(F)F)NC(C)c1nc(C)c(C(=O)OCC)s1. The third kappa shape index (κ3) is 8.87. The number of hydrogen-bond donors (Lipinski definition) is 2. The van der Waals surface area contributed by atoms with Gasteiger partial charge in [0.1, 0.15) is 16.5 Å². The maximum atomic E-state index is 12.0. The molecule has 1 aromatic rings. The van der Waals surface area contributed by atoms with Crippen molar-refractivity contribution >= 4 is 23.3 Å². The van der Waals surface area contributed by atoms with E-state index in [2.05, 4.69) is 25.3 Å². The number of alkyl halides is 3. The van der Waals surface area contributed by atoms with E-state index in [1.807, 2.05) is 13.8 Å². The average molecular weight is 424 g/mol. The van der Waals surface area contributed by atoms with Crippen molar-refractivity contribution in [1.82, 2.24) is 15.6 Å². The quantitative estimate of drug-likeness (QED) is 0.260. The summed E-state index contributed by atoms with van der Waals surface area (Å²) in [6.45, 7) is 7.23. The van der Waals surface area contributed by atoms with Crippen LogP contribution >= 0.6 is 11.3 Å². The first-order valence-corrected chi connectivity index (χ1v) is 9.83. The Morgan fingerprint density at radius 2 is 2.07 bits per heavy atom. The first-order valence-electron chi connectivity index (χ1n) is 9.01. The normalized spacial score (nSPS) is 13.3. The van der Waals surface area contributed by atoms with Crippen molar-refractivity contribution in [2.75, 3.05) is 32.9 Å². The number of guanidine groups is 1. The van der Waals surface area contributed by atoms with Gasteiger partial charge in [0.15, 0.2) is 5.96 Å². The third-order valence-electron chi connectivity index (χ3n) is 3.32. The summed E-state index contributed by atoms with van der Waals surface area (Å²) >= 11 is 1.26. The van der Waals surface area contributed by atoms with Gasteiger partial charge in [-0.2, -0.15) is 13.2 Å². The summed E-state index contributed by atoms with van der Waals surface area (Å²) in [6, 6.07) is -0.217. The van der Waals surface area contributed by atoms with Crippen LogP contribution in [0.5, 0.6) is 0 Å². The van der Waals surface area contributed by atoms with Crippen LogP contribution < -0.4 is 10.6 Å². The van der Waals surface area contributed by atoms with E-state index in [0.29, 0.717) is 47.7 Å². The number of rotatable bonds is 10. The van der Waals surface area contributed by atoms with Gasteiger partial charge in [0, 0.05) is 19.7 Å². The molecule has 0 radical (unpaired) electrons. The fourth-order valence-electron chi connectivity index (χ4n) is 2.12. The van der Waals surface area contributed by atoms with Gasteiger partial charge in [-0.1, -0.05) is 0 Å². The number of esters is 1. The zero-order valence-corrected chi connectivity index (χ0v) is 17.3. The van der Waals surface area contributed by atoms with Crippen LogP contribution in [0.2, 0.25) is 0 Å². The molecular formula is C17H27F3N4O3S. The number of carbonyl (C=O) groups is 1. The van der Waals surface area contributed by atoms with Crippen molar-refractivity contribution in [3.63, 3.8) is 0 Å². The van der Waals surface area contributed by atoms with Crippen LogP contribution in [0.3, 0.4) is 0 Å². The molecule has 1 aromatic heterocycles. The van der Waals surface area contributed by atoms with E-state index in [1.54, 1.807) is 13.8 Å². The number of nitrogens with one attached hydrogen (secondary N) is 2. The highest BCUT2D eigenvalue weighted by Gasteiger charge is 2.27. The maximum absolute atomic E-state index is 12.0. The number of hydrogen-bond acceptors (Lipinski definition) is 6. The van der Waals surface area contributed by atoms with Crippen molar-refractivity contribution in [3.8, 4) is 0 Å². The lowest BCUT2D eigenvalue weighted by Crippen LogP contribution is -2.38. The zero-order chi connectivity index (χ0) is 21.2. The predicted molar refractivity (Wildman–Crippen MR) is 102 cm³/mol. The summed E-state index contributed by atoms with van der Waals surface area (Å²) in [5, 5.41) is 6.95. The fourth-order valence-corrected chi connectivity index (χ4v) is 3.08. The Labute approximate surface area is 166 Å². The molecule has 0 fully saturated rings. The van der Waals surface area contributed by atoms with E-state index in [4.69, 9.17) is 4.74 Å². The molecule has 0 saturated heterocycles. The lowest BCUT2D eigenvalue weighted by molar-refractivity contribution is -0.173. The van der Waals surface area contributed by atoms with Gasteiger partial charge >= 0.3 is 12.1 Å². The van der Waals surface area contributed by atoms with E-state index >= 15 is 0 Å². The predicted octanol–water partition coefficient (Wildman–Crippen LogP) is 3.21. The molecule has 0 saturated carbocycles. The molecule has 7 nitrogen and oxygen atoms in total. The summed E-state index contributed by atoms with van der Waals surface area (Å²) in [5.74, 6) is 0.117. The fraction of sp³-hybridized carbons (Fsp3) is 0.706. The van der Waals surface area contributed by atoms with E-state index in [-0.39, 0.29) is 12.6 Å². The van der Waals surface area contributed by atoms with Gasteiger partial charge < -0.3 is 20.1 Å². The molecule has 160 valence electrons. The molecule has 0 aromatic carbocycles. The summed E-state index contributed by atoms with van der Waals surface area (Å²) in [4.78, 5) is 21.1. The highest BCUT2D eigenvalue weighted by Crippen LogP contribution is 2.24. The number of ether oxygens (including phenoxy) is 2. The molecule has 1 rings (SSSR count). The van der Waals surface area contributed by atoms with Gasteiger partial charge in [0.25, 0.3) is 0 Å². The second-order valence-electron chi connectivity index (χ2n) is 5.84. The molecule has 0 bridgehead atoms. The van der Waals surface area contributed by atoms with Gasteiger partial charge in [0.2, 0.25) is 0 Å². The van der Waals surface area contributed by atoms with E-state index in [1.165, 1.54) is 11.3 Å². The Kier molecular flexibility index (Phi) is 10.2. The van der Waals surface area contributed by atoms with Crippen LogP contribution in [0, 0.1) is 6.92 Å². The van der Waals surface area contributed by atoms with Crippen LogP contribution in [0.15, 0.2) is 4.99 Å². The molecule has 0 spiro atoms. The molecule has 0 aliphatic rings. The minimum atomic E-state index is -4.32. The second-order valence-corrected chi connectivity index (χ2v) is 6.87. The molecular weight excluding hydrogens is 397 g/mol. The van der Waals surface area contributed by atoms with Crippen molar-refractivity contribution in [3.05, 3.63) is 15.6 Å². The van der Waals surface area contributed by atoms with Crippen molar-refractivity contribution < 1.29 is 27.4 Å². The minimum absolute atomic E-state index is 0.0213. The van der Waals surface area contributed by atoms with Gasteiger partial charge in [-0.15, -0.1) is 11.3 Å². The zero-order valence-electron chi connectivity index (χ0n) is 16.5. The largest absolute Gasteiger partial charge is 0.462 e. The average Bonchev–Trinajstić information content (AvgIpc) is 2.99. The van der Waals surface area contributed by atoms with Crippen molar-refractivity contribution in [2.24, 2.45) is 4.99 Å². The molecule has 2 N–H and O–H groups in total. The lowest BCUT2D eigenvalue weighted by Gasteiger charge is -2.16. The van der Waals surface area contributed by atoms with Crippen LogP contribution in [-0.4, -0.2) is 56.0 Å². The smallest absolute Gasteiger partial charge is 0.411 e. The molecule has 0 aliphatic carbocycles. The van der Waals surface area contributed by atoms with Crippen LogP contribution in [0.4, 0.5) is 13.2 Å². The Balaban J connectivity index is 2.60. The van der Waals surface area contributed by atoms with Gasteiger partial charge in [0.05, 0.1) is 18.3 Å². The van der Waals surface area contributed by atoms with Gasteiger partial charge in [-0.3, -0.25) is 4.99 Å². The molecule has 11 heteroatoms. The van der Waals surface area contributed by atoms with E-state index < -0.39 is 18.8 Å². The highest BCUT2D eigenvalue weighted by molar-refractivity contribution is 7.13. The summed E-state index contributed by atoms with van der Waals surface area (Å²) in [6.07, 6.45) is -3.95. The molecule has 28 heavy (non-hydrogen) atoms. The Morgan fingerprint density at radius 1 is 1.36 bits per heavy atom. The van der Waals surface area contributed by atoms with E-state index in [0.717, 1.165) is 0 Å². The second kappa shape index (κ2) is 11.8. The van der Waals surface area contributed by atoms with Gasteiger partial charge in [-0.25, -0.2) is 9.78 Å². The van der Waals surface area contributed by atoms with E-state index in [9.17, 15) is 18.0 Å². The van der Waals surface area contributed by atoms with Crippen LogP contribution in [0.1, 0.15) is 53.6 Å². The Bertz CT molecular complexity index is 650. The first kappa shape index (κ1) is 24.2. The molecule has 1 heterocycles. The maximum Gasteiger partial charge on any atom is 0.411 e. The summed E-state index contributed by atoms with van der Waals surface area (Å²) in [5.41, 5.74) is 0.607. The lowest BCUT2D eigenvalue weighted by atomic mass is 10.3. The number of aliphatic imine (C=N–C) groups is 1. The monoisotopic (exact) mass is 424 g/mol. The summed E-state index contributed by atoms with van der Waals surface area (Å²) < 4.78 is 45.6. The van der Waals surface area contributed by atoms with Crippen molar-refractivity contribution in [1.29, 1.82) is 0 Å². The number of nitrogens with zero attached hydrogens (tertiary/aromatic N) is 2. The Hall–Kier alpha value is -1.88. The molecule has 1 unspecified atom stereocenters. The number of thiazole rings is 1. The molecule has 0 aliphatic heterocycles. The first-order chi connectivity index (χ1) is 13.2. The molecule has 1 atom stereocenters. The highest BCUT2D eigenvalue weighted by atomic mass is 32.1. The summed E-state index contributed by atoms with van der Waals surface area (Å²) in [7, 11) is 0. The number of aromatic nitrogens is 1. The van der Waals surface area contributed by atoms with Gasteiger partial charge in [-0.05, 0) is 34.1 Å². The van der Waals surface area contributed by atoms with Crippen LogP contribution in [0.25, 0.3) is 0 Å². The molecule has 0 amide bonds. The number of carbonyl (C=O) groups excluding carboxylic acids is 1. The number of halogens is 3. The Morgan fingerprint density at radius 3 is 2.68 bits per heavy atom. The standard InChI is InChI=1S/C17H27F3N4O3S/c1-5-21-16(22-8-7-9-26-10-17(18,19)20)24-12(4)14-23-11(3)13(28-14)15(25)27-6-2/h12H,5-10H2,1-4H3,(H2,21,22,24). The minimum Gasteiger partial charge on any atom is -0.462 e. The van der Waals surface area contributed by atoms with Crippen molar-refractivity contribution in [2.45, 2.75) is 46.3 Å². The number of aryl methyl sites for hydroxylation is 1. The van der Waals surface area contributed by atoms with Crippen LogP contribution in [-0.2, 0) is 9.47 Å².